The molecule has 112 valence electrons. The molecule has 1 amide bonds. The number of amides is 1. The molecule has 0 unspecified atom stereocenters. The van der Waals surface area contributed by atoms with Crippen molar-refractivity contribution in [1.29, 1.82) is 0 Å². The molecule has 0 aliphatic rings. The lowest BCUT2D eigenvalue weighted by atomic mass is 10.2. The minimum absolute atomic E-state index is 0.0423. The number of thiophene rings is 1. The van der Waals surface area contributed by atoms with Crippen LogP contribution in [0, 0.1) is 0 Å². The van der Waals surface area contributed by atoms with Gasteiger partial charge in [0.15, 0.2) is 0 Å². The van der Waals surface area contributed by atoms with Crippen molar-refractivity contribution in [3.8, 4) is 0 Å². The van der Waals surface area contributed by atoms with Gasteiger partial charge in [0.1, 0.15) is 12.2 Å². The third kappa shape index (κ3) is 5.35. The molecule has 0 radical (unpaired) electrons. The van der Waals surface area contributed by atoms with E-state index in [9.17, 15) is 9.59 Å². The van der Waals surface area contributed by atoms with E-state index in [0.717, 1.165) is 12.8 Å². The molecule has 0 bridgehead atoms. The van der Waals surface area contributed by atoms with Crippen molar-refractivity contribution in [2.45, 2.75) is 32.4 Å². The van der Waals surface area contributed by atoms with Gasteiger partial charge < -0.3 is 10.4 Å². The Labute approximate surface area is 125 Å². The number of carboxylic acids is 1. The van der Waals surface area contributed by atoms with Crippen LogP contribution in [0.1, 0.15) is 23.4 Å². The molecule has 0 spiro atoms. The third-order valence-corrected chi connectivity index (χ3v) is 3.69. The molecule has 2 N–H and O–H groups in total. The van der Waals surface area contributed by atoms with E-state index >= 15 is 0 Å². The maximum atomic E-state index is 11.7. The molecule has 2 rings (SSSR count). The third-order valence-electron chi connectivity index (χ3n) is 2.76. The number of aromatic nitrogens is 3. The van der Waals surface area contributed by atoms with Crippen LogP contribution in [0.5, 0.6) is 0 Å². The summed E-state index contributed by atoms with van der Waals surface area (Å²) in [5.41, 5.74) is 0.544. The molecule has 2 heterocycles. The van der Waals surface area contributed by atoms with Gasteiger partial charge >= 0.3 is 5.97 Å². The molecule has 0 atom stereocenters. The SMILES string of the molecule is O=C(O)Cn1cc(CNC(=O)CCCc2cccs2)nn1. The van der Waals surface area contributed by atoms with E-state index in [-0.39, 0.29) is 19.0 Å². The van der Waals surface area contributed by atoms with Gasteiger partial charge in [-0.25, -0.2) is 4.68 Å². The van der Waals surface area contributed by atoms with Gasteiger partial charge in [0.2, 0.25) is 5.91 Å². The number of carboxylic acid groups (broad SMARTS) is 1. The fourth-order valence-electron chi connectivity index (χ4n) is 1.79. The number of rotatable bonds is 8. The zero-order valence-electron chi connectivity index (χ0n) is 11.4. The van der Waals surface area contributed by atoms with E-state index in [2.05, 4.69) is 21.7 Å². The predicted octanol–water partition coefficient (Wildman–Crippen LogP) is 1.06. The molecule has 2 aromatic rings. The van der Waals surface area contributed by atoms with Crippen LogP contribution < -0.4 is 5.32 Å². The van der Waals surface area contributed by atoms with E-state index < -0.39 is 5.97 Å². The molecule has 0 fully saturated rings. The Hall–Kier alpha value is -2.22. The first-order chi connectivity index (χ1) is 10.1. The summed E-state index contributed by atoms with van der Waals surface area (Å²) in [6.45, 7) is 0.0270. The zero-order valence-corrected chi connectivity index (χ0v) is 12.2. The average Bonchev–Trinajstić information content (AvgIpc) is 3.07. The first kappa shape index (κ1) is 15.2. The van der Waals surface area contributed by atoms with Gasteiger partial charge in [0, 0.05) is 11.3 Å². The summed E-state index contributed by atoms with van der Waals surface area (Å²) in [5, 5.41) is 20.8. The highest BCUT2D eigenvalue weighted by atomic mass is 32.1. The van der Waals surface area contributed by atoms with Crippen molar-refractivity contribution < 1.29 is 14.7 Å². The Morgan fingerprint density at radius 2 is 2.29 bits per heavy atom. The quantitative estimate of drug-likeness (QED) is 0.760. The first-order valence-corrected chi connectivity index (χ1v) is 7.41. The van der Waals surface area contributed by atoms with Gasteiger partial charge in [-0.3, -0.25) is 9.59 Å². The molecular weight excluding hydrogens is 292 g/mol. The molecule has 8 heteroatoms. The number of aryl methyl sites for hydroxylation is 1. The molecule has 7 nitrogen and oxygen atoms in total. The Morgan fingerprint density at radius 3 is 3.00 bits per heavy atom. The second-order valence-corrected chi connectivity index (χ2v) is 5.54. The predicted molar refractivity (Wildman–Crippen MR) is 76.8 cm³/mol. The van der Waals surface area contributed by atoms with Crippen LogP contribution in [-0.2, 0) is 29.1 Å². The van der Waals surface area contributed by atoms with E-state index in [1.807, 2.05) is 11.4 Å². The van der Waals surface area contributed by atoms with Crippen molar-refractivity contribution >= 4 is 23.2 Å². The van der Waals surface area contributed by atoms with Gasteiger partial charge in [0.25, 0.3) is 0 Å². The van der Waals surface area contributed by atoms with Crippen molar-refractivity contribution in [2.75, 3.05) is 0 Å². The highest BCUT2D eigenvalue weighted by molar-refractivity contribution is 7.09. The minimum Gasteiger partial charge on any atom is -0.480 e. The second-order valence-electron chi connectivity index (χ2n) is 4.51. The summed E-state index contributed by atoms with van der Waals surface area (Å²) < 4.78 is 1.22. The van der Waals surface area contributed by atoms with Crippen LogP contribution in [0.25, 0.3) is 0 Å². The van der Waals surface area contributed by atoms with Gasteiger partial charge in [-0.15, -0.1) is 16.4 Å². The van der Waals surface area contributed by atoms with E-state index in [1.165, 1.54) is 15.8 Å². The maximum Gasteiger partial charge on any atom is 0.325 e. The lowest BCUT2D eigenvalue weighted by Crippen LogP contribution is -2.22. The molecule has 0 saturated heterocycles. The topological polar surface area (TPSA) is 97.1 Å². The Balaban J connectivity index is 1.66. The Morgan fingerprint density at radius 1 is 1.43 bits per heavy atom. The smallest absolute Gasteiger partial charge is 0.325 e. The van der Waals surface area contributed by atoms with Crippen LogP contribution in [-0.4, -0.2) is 32.0 Å². The van der Waals surface area contributed by atoms with Crippen LogP contribution in [0.15, 0.2) is 23.7 Å². The number of carbonyl (C=O) groups is 2. The van der Waals surface area contributed by atoms with Crippen molar-refractivity contribution in [3.05, 3.63) is 34.3 Å². The molecule has 0 aliphatic heterocycles. The van der Waals surface area contributed by atoms with Crippen LogP contribution in [0.3, 0.4) is 0 Å². The number of hydrogen-bond donors (Lipinski definition) is 2. The van der Waals surface area contributed by atoms with Crippen molar-refractivity contribution in [1.82, 2.24) is 20.3 Å². The van der Waals surface area contributed by atoms with Crippen molar-refractivity contribution in [2.24, 2.45) is 0 Å². The van der Waals surface area contributed by atoms with Crippen molar-refractivity contribution in [3.63, 3.8) is 0 Å². The fraction of sp³-hybridized carbons (Fsp3) is 0.385. The summed E-state index contributed by atoms with van der Waals surface area (Å²) in [4.78, 5) is 23.5. The van der Waals surface area contributed by atoms with E-state index in [0.29, 0.717) is 12.1 Å². The van der Waals surface area contributed by atoms with E-state index in [1.54, 1.807) is 11.3 Å². The average molecular weight is 308 g/mol. The Bertz CT molecular complexity index is 594. The van der Waals surface area contributed by atoms with Crippen LogP contribution >= 0.6 is 11.3 Å². The summed E-state index contributed by atoms with van der Waals surface area (Å²) >= 11 is 1.69. The van der Waals surface area contributed by atoms with Crippen LogP contribution in [0.2, 0.25) is 0 Å². The number of hydrogen-bond acceptors (Lipinski definition) is 5. The number of aliphatic carboxylic acids is 1. The van der Waals surface area contributed by atoms with E-state index in [4.69, 9.17) is 5.11 Å². The second kappa shape index (κ2) is 7.53. The fourth-order valence-corrected chi connectivity index (χ4v) is 2.54. The summed E-state index contributed by atoms with van der Waals surface area (Å²) in [5.74, 6) is -1.02. The highest BCUT2D eigenvalue weighted by Crippen LogP contribution is 2.11. The molecule has 0 aromatic carbocycles. The lowest BCUT2D eigenvalue weighted by molar-refractivity contribution is -0.138. The number of nitrogens with zero attached hydrogens (tertiary/aromatic N) is 3. The summed E-state index contributed by atoms with van der Waals surface area (Å²) in [6.07, 6.45) is 3.68. The molecule has 0 saturated carbocycles. The van der Waals surface area contributed by atoms with Crippen LogP contribution in [0.4, 0.5) is 0 Å². The summed E-state index contributed by atoms with van der Waals surface area (Å²) in [7, 11) is 0. The summed E-state index contributed by atoms with van der Waals surface area (Å²) in [6, 6.07) is 4.06. The first-order valence-electron chi connectivity index (χ1n) is 6.53. The van der Waals surface area contributed by atoms with Gasteiger partial charge in [0.05, 0.1) is 12.7 Å². The maximum absolute atomic E-state index is 11.7. The van der Waals surface area contributed by atoms with Gasteiger partial charge in [-0.2, -0.15) is 0 Å². The molecule has 2 aromatic heterocycles. The Kier molecular flexibility index (Phi) is 5.44. The normalized spacial score (nSPS) is 10.5. The zero-order chi connectivity index (χ0) is 15.1. The minimum atomic E-state index is -0.982. The largest absolute Gasteiger partial charge is 0.480 e. The number of carbonyl (C=O) groups excluding carboxylic acids is 1. The van der Waals surface area contributed by atoms with Gasteiger partial charge in [-0.1, -0.05) is 11.3 Å². The van der Waals surface area contributed by atoms with Gasteiger partial charge in [-0.05, 0) is 24.3 Å². The standard InChI is InChI=1S/C13H16N4O3S/c18-12(5-1-3-11-4-2-6-21-11)14-7-10-8-17(16-15-10)9-13(19)20/h2,4,6,8H,1,3,5,7,9H2,(H,14,18)(H,19,20). The molecule has 0 aliphatic carbocycles. The highest BCUT2D eigenvalue weighted by Gasteiger charge is 2.06. The lowest BCUT2D eigenvalue weighted by Gasteiger charge is -2.02. The molecular formula is C13H16N4O3S. The molecule has 21 heavy (non-hydrogen) atoms. The monoisotopic (exact) mass is 308 g/mol. The number of nitrogens with one attached hydrogen (secondary N) is 1.